The fourth-order valence-corrected chi connectivity index (χ4v) is 6.84. The normalized spacial score (nSPS) is 16.7. The van der Waals surface area contributed by atoms with Crippen molar-refractivity contribution in [3.63, 3.8) is 0 Å². The molecule has 12 nitrogen and oxygen atoms in total. The number of anilines is 1. The van der Waals surface area contributed by atoms with Gasteiger partial charge in [0.15, 0.2) is 11.5 Å². The zero-order chi connectivity index (χ0) is 29.1. The van der Waals surface area contributed by atoms with E-state index in [0.29, 0.717) is 48.7 Å². The minimum absolute atomic E-state index is 0.0487. The number of carboxylic acids is 1. The standard InChI is InChI=1S/C29H22N4O8S/c34-26-16-13-20(33(38)39)19(14-18(16)32-17-5-1-4-8-24(17)42-28(32)25(26)29(36)37)30-9-11-31(12-10-30)27(35)23-15-40-21-6-2-3-7-22(21)41-23/h1-8,13-14,23H,9-12,15H2,(H,36,37). The first-order valence-electron chi connectivity index (χ1n) is 13.2. The Labute approximate surface area is 240 Å². The zero-order valence-electron chi connectivity index (χ0n) is 21.9. The molecule has 5 aromatic rings. The van der Waals surface area contributed by atoms with Crippen molar-refractivity contribution in [2.75, 3.05) is 37.7 Å². The number of rotatable bonds is 4. The molecule has 4 heterocycles. The summed E-state index contributed by atoms with van der Waals surface area (Å²) < 4.78 is 14.0. The first kappa shape index (κ1) is 25.8. The third-order valence-corrected chi connectivity index (χ3v) is 8.81. The number of carbonyl (C=O) groups is 2. The minimum atomic E-state index is -1.39. The summed E-state index contributed by atoms with van der Waals surface area (Å²) in [7, 11) is 0. The molecule has 0 spiro atoms. The van der Waals surface area contributed by atoms with Crippen molar-refractivity contribution in [3.8, 4) is 11.5 Å². The van der Waals surface area contributed by atoms with Crippen LogP contribution in [0, 0.1) is 10.1 Å². The van der Waals surface area contributed by atoms with Gasteiger partial charge in [-0.1, -0.05) is 24.3 Å². The van der Waals surface area contributed by atoms with Crippen LogP contribution in [0.4, 0.5) is 11.4 Å². The van der Waals surface area contributed by atoms with Crippen molar-refractivity contribution in [1.29, 1.82) is 0 Å². The van der Waals surface area contributed by atoms with Crippen LogP contribution in [0.1, 0.15) is 10.4 Å². The Morgan fingerprint density at radius 3 is 2.43 bits per heavy atom. The number of pyridine rings is 1. The maximum atomic E-state index is 13.4. The molecule has 42 heavy (non-hydrogen) atoms. The molecule has 1 amide bonds. The van der Waals surface area contributed by atoms with Gasteiger partial charge in [0.25, 0.3) is 11.6 Å². The lowest BCUT2D eigenvalue weighted by molar-refractivity contribution is -0.384. The first-order valence-corrected chi connectivity index (χ1v) is 14.0. The molecule has 1 saturated heterocycles. The smallest absolute Gasteiger partial charge is 0.342 e. The number of thiazole rings is 1. The van der Waals surface area contributed by atoms with Gasteiger partial charge in [0, 0.05) is 32.2 Å². The summed E-state index contributed by atoms with van der Waals surface area (Å²) in [5.41, 5.74) is -0.146. The van der Waals surface area contributed by atoms with Crippen LogP contribution in [-0.4, -0.2) is 70.1 Å². The highest BCUT2D eigenvalue weighted by Gasteiger charge is 2.34. The average molecular weight is 587 g/mol. The molecule has 1 unspecified atom stereocenters. The van der Waals surface area contributed by atoms with Crippen molar-refractivity contribution >= 4 is 60.5 Å². The molecule has 0 aliphatic carbocycles. The molecule has 1 N–H and O–H groups in total. The van der Waals surface area contributed by atoms with E-state index in [4.69, 9.17) is 9.47 Å². The molecule has 1 atom stereocenters. The molecule has 7 rings (SSSR count). The van der Waals surface area contributed by atoms with E-state index in [2.05, 4.69) is 0 Å². The number of benzene rings is 3. The average Bonchev–Trinajstić information content (AvgIpc) is 3.39. The maximum absolute atomic E-state index is 13.4. The van der Waals surface area contributed by atoms with Crippen molar-refractivity contribution in [3.05, 3.63) is 86.6 Å². The van der Waals surface area contributed by atoms with Gasteiger partial charge in [0.1, 0.15) is 22.7 Å². The van der Waals surface area contributed by atoms with Crippen LogP contribution >= 0.6 is 11.3 Å². The quantitative estimate of drug-likeness (QED) is 0.246. The SMILES string of the molecule is O=C(O)c1c(=O)c2cc([N+](=O)[O-])c(N3CCN(C(=O)C4COc5ccccc5O4)CC3)cc2n2c1sc1ccccc12. The van der Waals surface area contributed by atoms with Crippen LogP contribution in [-0.2, 0) is 4.79 Å². The van der Waals surface area contributed by atoms with Gasteiger partial charge in [-0.3, -0.25) is 24.1 Å². The van der Waals surface area contributed by atoms with Crippen LogP contribution in [0.15, 0.2) is 65.5 Å². The zero-order valence-corrected chi connectivity index (χ0v) is 22.7. The third kappa shape index (κ3) is 4.00. The van der Waals surface area contributed by atoms with E-state index in [0.717, 1.165) is 4.70 Å². The number of aromatic nitrogens is 1. The van der Waals surface area contributed by atoms with Gasteiger partial charge in [-0.2, -0.15) is 0 Å². The van der Waals surface area contributed by atoms with Gasteiger partial charge >= 0.3 is 5.97 Å². The van der Waals surface area contributed by atoms with Crippen molar-refractivity contribution in [2.24, 2.45) is 0 Å². The minimum Gasteiger partial charge on any atom is -0.485 e. The van der Waals surface area contributed by atoms with Gasteiger partial charge in [-0.15, -0.1) is 11.3 Å². The summed E-state index contributed by atoms with van der Waals surface area (Å²) in [5, 5.41) is 22.1. The Morgan fingerprint density at radius 1 is 0.976 bits per heavy atom. The van der Waals surface area contributed by atoms with Gasteiger partial charge in [-0.25, -0.2) is 4.79 Å². The monoisotopic (exact) mass is 586 g/mol. The van der Waals surface area contributed by atoms with E-state index in [1.807, 2.05) is 29.2 Å². The second-order valence-electron chi connectivity index (χ2n) is 10.0. The Balaban J connectivity index is 1.25. The molecule has 212 valence electrons. The largest absolute Gasteiger partial charge is 0.485 e. The van der Waals surface area contributed by atoms with E-state index < -0.39 is 28.0 Å². The van der Waals surface area contributed by atoms with Crippen LogP contribution < -0.4 is 19.8 Å². The fraction of sp³-hybridized carbons (Fsp3) is 0.207. The Bertz CT molecular complexity index is 2010. The lowest BCUT2D eigenvalue weighted by Gasteiger charge is -2.38. The van der Waals surface area contributed by atoms with Crippen LogP contribution in [0.3, 0.4) is 0 Å². The van der Waals surface area contributed by atoms with E-state index in [1.54, 1.807) is 39.6 Å². The number of nitrogens with zero attached hydrogens (tertiary/aromatic N) is 4. The summed E-state index contributed by atoms with van der Waals surface area (Å²) >= 11 is 1.18. The van der Waals surface area contributed by atoms with Crippen molar-refractivity contribution < 1.29 is 29.1 Å². The third-order valence-electron chi connectivity index (χ3n) is 7.66. The lowest BCUT2D eigenvalue weighted by atomic mass is 10.1. The number of piperazine rings is 1. The van der Waals surface area contributed by atoms with Crippen LogP contribution in [0.2, 0.25) is 0 Å². The van der Waals surface area contributed by atoms with Crippen LogP contribution in [0.5, 0.6) is 11.5 Å². The van der Waals surface area contributed by atoms with Crippen molar-refractivity contribution in [2.45, 2.75) is 6.10 Å². The highest BCUT2D eigenvalue weighted by atomic mass is 32.1. The summed E-state index contributed by atoms with van der Waals surface area (Å²) in [6.45, 7) is 1.29. The molecule has 0 bridgehead atoms. The number of fused-ring (bicyclic) bond motifs is 6. The second kappa shape index (κ2) is 9.73. The maximum Gasteiger partial charge on any atom is 0.342 e. The van der Waals surface area contributed by atoms with E-state index in [9.17, 15) is 29.6 Å². The summed E-state index contributed by atoms with van der Waals surface area (Å²) in [6.07, 6.45) is -0.795. The van der Waals surface area contributed by atoms with Crippen LogP contribution in [0.25, 0.3) is 25.9 Å². The van der Waals surface area contributed by atoms with Gasteiger partial charge in [0.2, 0.25) is 11.5 Å². The molecule has 2 aromatic heterocycles. The number of nitro benzene ring substituents is 1. The second-order valence-corrected chi connectivity index (χ2v) is 11.0. The fourth-order valence-electron chi connectivity index (χ4n) is 5.65. The summed E-state index contributed by atoms with van der Waals surface area (Å²) in [4.78, 5) is 54.1. The van der Waals surface area contributed by atoms with Gasteiger partial charge in [0.05, 0.1) is 26.0 Å². The number of nitro groups is 1. The highest BCUT2D eigenvalue weighted by Crippen LogP contribution is 2.37. The molecule has 2 aliphatic rings. The van der Waals surface area contributed by atoms with Crippen molar-refractivity contribution in [1.82, 2.24) is 9.30 Å². The number of para-hydroxylation sites is 3. The predicted molar refractivity (Wildman–Crippen MR) is 155 cm³/mol. The number of amides is 1. The predicted octanol–water partition coefficient (Wildman–Crippen LogP) is 3.76. The molecular formula is C29H22N4O8S. The number of hydrogen-bond acceptors (Lipinski definition) is 9. The first-order chi connectivity index (χ1) is 20.3. The Kier molecular flexibility index (Phi) is 5.97. The molecular weight excluding hydrogens is 564 g/mol. The number of hydrogen-bond donors (Lipinski definition) is 1. The van der Waals surface area contributed by atoms with Gasteiger partial charge < -0.3 is 24.4 Å². The Hall–Kier alpha value is -5.17. The molecule has 1 fully saturated rings. The molecule has 0 radical (unpaired) electrons. The highest BCUT2D eigenvalue weighted by molar-refractivity contribution is 7.24. The molecule has 2 aliphatic heterocycles. The number of carbonyl (C=O) groups excluding carboxylic acids is 1. The molecule has 3 aromatic carbocycles. The number of ether oxygens (including phenoxy) is 2. The molecule has 0 saturated carbocycles. The number of aromatic carboxylic acids is 1. The van der Waals surface area contributed by atoms with E-state index in [1.165, 1.54) is 17.4 Å². The van der Waals surface area contributed by atoms with Gasteiger partial charge in [-0.05, 0) is 30.3 Å². The summed E-state index contributed by atoms with van der Waals surface area (Å²) in [6, 6.07) is 17.2. The lowest BCUT2D eigenvalue weighted by Crippen LogP contribution is -2.54. The summed E-state index contributed by atoms with van der Waals surface area (Å²) in [5.74, 6) is -0.538. The number of carboxylic acid groups (broad SMARTS) is 1. The topological polar surface area (TPSA) is 144 Å². The molecule has 13 heteroatoms. The van der Waals surface area contributed by atoms with E-state index >= 15 is 0 Å². The Morgan fingerprint density at radius 2 is 1.69 bits per heavy atom. The van der Waals surface area contributed by atoms with E-state index in [-0.39, 0.29) is 34.1 Å².